The summed E-state index contributed by atoms with van der Waals surface area (Å²) in [6.07, 6.45) is 44.0. The molecule has 0 aromatic rings. The molecule has 4 heterocycles. The maximum Gasteiger partial charge on any atom is 0.121 e. The molecule has 0 radical (unpaired) electrons. The van der Waals surface area contributed by atoms with Crippen LogP contribution in [-0.2, 0) is 9.47 Å². The fraction of sp³-hybridized carbons (Fsp3) is 0.822. The monoisotopic (exact) mass is 695 g/mol. The van der Waals surface area contributed by atoms with Crippen LogP contribution in [0.4, 0.5) is 0 Å². The number of hydrogen-bond acceptors (Lipinski definition) is 6. The molecule has 0 aromatic heterocycles. The Balaban J connectivity index is 0.919. The molecule has 278 valence electrons. The van der Waals surface area contributed by atoms with Gasteiger partial charge in [-0.25, -0.2) is 0 Å². The highest BCUT2D eigenvalue weighted by Crippen LogP contribution is 2.56. The van der Waals surface area contributed by atoms with Gasteiger partial charge in [0.25, 0.3) is 0 Å². The second-order valence-corrected chi connectivity index (χ2v) is 19.2. The van der Waals surface area contributed by atoms with Crippen LogP contribution in [0.25, 0.3) is 0 Å². The van der Waals surface area contributed by atoms with Crippen molar-refractivity contribution in [2.75, 3.05) is 0 Å². The molecule has 6 heteroatoms. The van der Waals surface area contributed by atoms with Crippen LogP contribution in [0.5, 0.6) is 0 Å². The largest absolute Gasteiger partial charge is 0.492 e. The third-order valence-corrected chi connectivity index (χ3v) is 16.7. The second kappa shape index (κ2) is 13.7. The zero-order chi connectivity index (χ0) is 33.5. The minimum absolute atomic E-state index is 0.203. The van der Waals surface area contributed by atoms with Gasteiger partial charge in [-0.1, -0.05) is 81.4 Å². The Bertz CT molecular complexity index is 1410. The van der Waals surface area contributed by atoms with E-state index in [1.165, 1.54) is 134 Å². The predicted octanol–water partition coefficient (Wildman–Crippen LogP) is 8.08. The van der Waals surface area contributed by atoms with Crippen LogP contribution in [-0.4, -0.2) is 59.8 Å². The molecule has 0 aromatic carbocycles. The Morgan fingerprint density at radius 3 is 2.33 bits per heavy atom. The number of likely N-dealkylation sites (tertiary alicyclic amines) is 1. The first-order valence-electron chi connectivity index (χ1n) is 22.4. The number of fused-ring (bicyclic) bond motifs is 10. The molecule has 0 spiro atoms. The molecular weight excluding hydrogens is 629 g/mol. The highest BCUT2D eigenvalue weighted by atomic mass is 16.5. The normalized spacial score (nSPS) is 49.8. The average molecular weight is 695 g/mol. The lowest BCUT2D eigenvalue weighted by atomic mass is 9.67. The van der Waals surface area contributed by atoms with Gasteiger partial charge < -0.3 is 9.47 Å². The van der Waals surface area contributed by atoms with Crippen LogP contribution in [0.1, 0.15) is 128 Å². The Kier molecular flexibility index (Phi) is 8.85. The standard InChI is InChI=1S/C45H66N4O2/c1-3-13-27(14-4-1)43-46-44(34-20-12-24-38-39(34)33-18-8-10-23-37(33)50-38)48-45(47-43)35-21-11-19-31-32-26-25-30-29-17-7-9-22-36(29)49(28-15-5-2-6-16-28)40(30)42(32)51-41(31)35/h7,10,17,23,25-34,36-40,42-48H,1-6,8-9,11-16,18-22,24H2. The van der Waals surface area contributed by atoms with Crippen molar-refractivity contribution in [3.8, 4) is 0 Å². The van der Waals surface area contributed by atoms with Crippen LogP contribution in [0.15, 0.2) is 47.8 Å². The quantitative estimate of drug-likeness (QED) is 0.259. The topological polar surface area (TPSA) is 57.8 Å². The van der Waals surface area contributed by atoms with E-state index < -0.39 is 0 Å². The van der Waals surface area contributed by atoms with E-state index in [1.54, 1.807) is 5.57 Å². The Labute approximate surface area is 308 Å². The number of nitrogens with one attached hydrogen (secondary N) is 3. The summed E-state index contributed by atoms with van der Waals surface area (Å²) in [5.74, 6) is 6.47. The third-order valence-electron chi connectivity index (χ3n) is 16.7. The molecule has 0 amide bonds. The molecule has 51 heavy (non-hydrogen) atoms. The number of allylic oxidation sites excluding steroid dienone is 3. The maximum absolute atomic E-state index is 7.61. The smallest absolute Gasteiger partial charge is 0.121 e. The Morgan fingerprint density at radius 2 is 1.43 bits per heavy atom. The van der Waals surface area contributed by atoms with Gasteiger partial charge in [0.05, 0.1) is 36.7 Å². The van der Waals surface area contributed by atoms with Crippen molar-refractivity contribution in [2.45, 2.75) is 183 Å². The van der Waals surface area contributed by atoms with Crippen LogP contribution < -0.4 is 16.0 Å². The first kappa shape index (κ1) is 32.9. The molecule has 15 unspecified atom stereocenters. The van der Waals surface area contributed by atoms with Crippen LogP contribution in [0.3, 0.4) is 0 Å². The Hall–Kier alpha value is -1.44. The molecular formula is C45H66N4O2. The second-order valence-electron chi connectivity index (χ2n) is 19.2. The van der Waals surface area contributed by atoms with Crippen molar-refractivity contribution in [3.63, 3.8) is 0 Å². The average Bonchev–Trinajstić information content (AvgIpc) is 3.88. The summed E-state index contributed by atoms with van der Waals surface area (Å²) in [7, 11) is 0. The lowest BCUT2D eigenvalue weighted by molar-refractivity contribution is -0.00657. The summed E-state index contributed by atoms with van der Waals surface area (Å²) in [5, 5.41) is 12.9. The fourth-order valence-corrected chi connectivity index (χ4v) is 14.6. The van der Waals surface area contributed by atoms with E-state index in [2.05, 4.69) is 57.3 Å². The van der Waals surface area contributed by atoms with Gasteiger partial charge in [-0.3, -0.25) is 20.9 Å². The van der Waals surface area contributed by atoms with E-state index >= 15 is 0 Å². The summed E-state index contributed by atoms with van der Waals surface area (Å²) in [4.78, 5) is 3.10. The molecule has 7 aliphatic carbocycles. The first-order chi connectivity index (χ1) is 25.3. The summed E-state index contributed by atoms with van der Waals surface area (Å²) in [6, 6.07) is 2.00. The van der Waals surface area contributed by atoms with E-state index in [0.717, 1.165) is 12.0 Å². The predicted molar refractivity (Wildman–Crippen MR) is 202 cm³/mol. The molecule has 7 fully saturated rings. The highest BCUT2D eigenvalue weighted by molar-refractivity contribution is 5.32. The van der Waals surface area contributed by atoms with Crippen molar-refractivity contribution in [3.05, 3.63) is 47.8 Å². The molecule has 4 saturated heterocycles. The Morgan fingerprint density at radius 1 is 0.627 bits per heavy atom. The van der Waals surface area contributed by atoms with Crippen molar-refractivity contribution in [2.24, 2.45) is 47.3 Å². The van der Waals surface area contributed by atoms with Crippen molar-refractivity contribution in [1.29, 1.82) is 0 Å². The summed E-state index contributed by atoms with van der Waals surface area (Å²) in [6.45, 7) is 0. The van der Waals surface area contributed by atoms with Gasteiger partial charge in [0.1, 0.15) is 11.9 Å². The van der Waals surface area contributed by atoms with Gasteiger partial charge in [-0.05, 0) is 113 Å². The molecule has 3 N–H and O–H groups in total. The fourth-order valence-electron chi connectivity index (χ4n) is 14.6. The van der Waals surface area contributed by atoms with Crippen molar-refractivity contribution < 1.29 is 9.47 Å². The number of nitrogens with zero attached hydrogens (tertiary/aromatic N) is 1. The number of hydrogen-bond donors (Lipinski definition) is 3. The molecule has 6 nitrogen and oxygen atoms in total. The maximum atomic E-state index is 7.61. The van der Waals surface area contributed by atoms with E-state index in [4.69, 9.17) is 9.47 Å². The van der Waals surface area contributed by atoms with E-state index in [0.29, 0.717) is 84.2 Å². The number of ether oxygens (including phenoxy) is 2. The van der Waals surface area contributed by atoms with Crippen LogP contribution in [0, 0.1) is 47.3 Å². The molecule has 3 saturated carbocycles. The molecule has 0 bridgehead atoms. The number of rotatable bonds is 4. The van der Waals surface area contributed by atoms with Gasteiger partial charge in [-0.2, -0.15) is 0 Å². The molecule has 4 aliphatic heterocycles. The van der Waals surface area contributed by atoms with Gasteiger partial charge in [0.15, 0.2) is 0 Å². The zero-order valence-electron chi connectivity index (χ0n) is 31.2. The van der Waals surface area contributed by atoms with Crippen molar-refractivity contribution >= 4 is 0 Å². The summed E-state index contributed by atoms with van der Waals surface area (Å²) < 4.78 is 14.4. The van der Waals surface area contributed by atoms with Gasteiger partial charge >= 0.3 is 0 Å². The van der Waals surface area contributed by atoms with E-state index in [1.807, 2.05) is 0 Å². The van der Waals surface area contributed by atoms with E-state index in [-0.39, 0.29) is 6.17 Å². The minimum Gasteiger partial charge on any atom is -0.492 e. The first-order valence-corrected chi connectivity index (χ1v) is 22.4. The lowest BCUT2D eigenvalue weighted by Gasteiger charge is -2.50. The van der Waals surface area contributed by atoms with E-state index in [9.17, 15) is 0 Å². The molecule has 11 rings (SSSR count). The summed E-state index contributed by atoms with van der Waals surface area (Å²) >= 11 is 0. The highest BCUT2D eigenvalue weighted by Gasteiger charge is 2.60. The summed E-state index contributed by atoms with van der Waals surface area (Å²) in [5.41, 5.74) is 1.59. The SMILES string of the molecule is C1=CC2OC3CCCC(C4NC(C5=C6OC7C(C=CC8C9C=CCCC9N(C9CCCCC9)C87)C6CCC5)NC(C5CCCCC5)N4)C3C2CC1. The zero-order valence-corrected chi connectivity index (χ0v) is 31.2. The van der Waals surface area contributed by atoms with Crippen molar-refractivity contribution in [1.82, 2.24) is 20.9 Å². The molecule has 11 aliphatic rings. The van der Waals surface area contributed by atoms with Gasteiger partial charge in [-0.15, -0.1) is 0 Å². The third kappa shape index (κ3) is 5.56. The van der Waals surface area contributed by atoms with Crippen LogP contribution in [0.2, 0.25) is 0 Å². The minimum atomic E-state index is 0.203. The lowest BCUT2D eigenvalue weighted by Crippen LogP contribution is -2.72. The van der Waals surface area contributed by atoms with Gasteiger partial charge in [0, 0.05) is 35.8 Å². The van der Waals surface area contributed by atoms with Gasteiger partial charge in [0.2, 0.25) is 0 Å². The van der Waals surface area contributed by atoms with Crippen LogP contribution >= 0.6 is 0 Å². The molecule has 15 atom stereocenters.